The zero-order chi connectivity index (χ0) is 16.4. The second kappa shape index (κ2) is 6.26. The Morgan fingerprint density at radius 3 is 2.61 bits per heavy atom. The normalized spacial score (nSPS) is 11.0. The molecule has 1 N–H and O–H groups in total. The van der Waals surface area contributed by atoms with Gasteiger partial charge < -0.3 is 0 Å². The number of non-ortho nitro benzene ring substituents is 1. The lowest BCUT2D eigenvalue weighted by molar-refractivity contribution is -0.384. The SMILES string of the molecule is O=c1[nH]n(Cc2ccccc2CCCl)c2ccc([N+](=O)[O-])cc12. The van der Waals surface area contributed by atoms with E-state index in [9.17, 15) is 14.9 Å². The van der Waals surface area contributed by atoms with Crippen LogP contribution in [0, 0.1) is 10.1 Å². The first-order valence-corrected chi connectivity index (χ1v) is 7.63. The fourth-order valence-corrected chi connectivity index (χ4v) is 2.85. The highest BCUT2D eigenvalue weighted by Crippen LogP contribution is 2.20. The van der Waals surface area contributed by atoms with Gasteiger partial charge in [-0.1, -0.05) is 24.3 Å². The van der Waals surface area contributed by atoms with Gasteiger partial charge in [0.25, 0.3) is 11.2 Å². The average molecular weight is 332 g/mol. The molecule has 3 rings (SSSR count). The summed E-state index contributed by atoms with van der Waals surface area (Å²) in [7, 11) is 0. The second-order valence-electron chi connectivity index (χ2n) is 5.19. The number of aromatic nitrogens is 2. The maximum Gasteiger partial charge on any atom is 0.272 e. The number of aryl methyl sites for hydroxylation is 1. The molecule has 0 atom stereocenters. The Labute approximate surface area is 136 Å². The van der Waals surface area contributed by atoms with E-state index in [0.29, 0.717) is 23.3 Å². The number of benzene rings is 2. The number of alkyl halides is 1. The Morgan fingerprint density at radius 2 is 1.91 bits per heavy atom. The monoisotopic (exact) mass is 331 g/mol. The zero-order valence-electron chi connectivity index (χ0n) is 12.2. The van der Waals surface area contributed by atoms with Crippen molar-refractivity contribution in [3.8, 4) is 0 Å². The standard InChI is InChI=1S/C16H14ClN3O3/c17-8-7-11-3-1-2-4-12(11)10-19-15-6-5-13(20(22)23)9-14(15)16(21)18-19/h1-6,9H,7-8,10H2,(H,18,21). The lowest BCUT2D eigenvalue weighted by Crippen LogP contribution is -2.08. The van der Waals surface area contributed by atoms with Crippen LogP contribution >= 0.6 is 11.6 Å². The van der Waals surface area contributed by atoms with Crippen LogP contribution in [0.15, 0.2) is 47.3 Å². The van der Waals surface area contributed by atoms with Crippen LogP contribution in [0.3, 0.4) is 0 Å². The van der Waals surface area contributed by atoms with Gasteiger partial charge >= 0.3 is 0 Å². The number of nitro benzene ring substituents is 1. The molecule has 0 bridgehead atoms. The quantitative estimate of drug-likeness (QED) is 0.443. The Kier molecular flexibility index (Phi) is 4.16. The highest BCUT2D eigenvalue weighted by Gasteiger charge is 2.13. The summed E-state index contributed by atoms with van der Waals surface area (Å²) in [5.74, 6) is 0.520. The summed E-state index contributed by atoms with van der Waals surface area (Å²) in [5.41, 5.74) is 2.38. The number of aromatic amines is 1. The first-order valence-electron chi connectivity index (χ1n) is 7.10. The van der Waals surface area contributed by atoms with Gasteiger partial charge in [-0.05, 0) is 23.6 Å². The van der Waals surface area contributed by atoms with E-state index >= 15 is 0 Å². The van der Waals surface area contributed by atoms with E-state index < -0.39 is 4.92 Å². The summed E-state index contributed by atoms with van der Waals surface area (Å²) in [6.07, 6.45) is 0.743. The molecule has 0 radical (unpaired) electrons. The maximum absolute atomic E-state index is 12.1. The molecule has 23 heavy (non-hydrogen) atoms. The van der Waals surface area contributed by atoms with Crippen LogP contribution in [-0.4, -0.2) is 20.6 Å². The van der Waals surface area contributed by atoms with Gasteiger partial charge in [0.15, 0.2) is 0 Å². The number of hydrogen-bond acceptors (Lipinski definition) is 3. The van der Waals surface area contributed by atoms with Gasteiger partial charge in [0, 0.05) is 18.0 Å². The summed E-state index contributed by atoms with van der Waals surface area (Å²) >= 11 is 5.83. The van der Waals surface area contributed by atoms with Crippen LogP contribution in [0.4, 0.5) is 5.69 Å². The molecule has 0 unspecified atom stereocenters. The predicted molar refractivity (Wildman–Crippen MR) is 89.2 cm³/mol. The molecule has 0 amide bonds. The number of rotatable bonds is 5. The van der Waals surface area contributed by atoms with E-state index in [2.05, 4.69) is 5.10 Å². The van der Waals surface area contributed by atoms with Gasteiger partial charge in [-0.25, -0.2) is 0 Å². The Morgan fingerprint density at radius 1 is 1.17 bits per heavy atom. The summed E-state index contributed by atoms with van der Waals surface area (Å²) in [6, 6.07) is 12.2. The van der Waals surface area contributed by atoms with Crippen molar-refractivity contribution < 1.29 is 4.92 Å². The Bertz CT molecular complexity index is 930. The Balaban J connectivity index is 2.05. The summed E-state index contributed by atoms with van der Waals surface area (Å²) in [4.78, 5) is 22.4. The Hall–Kier alpha value is -2.60. The summed E-state index contributed by atoms with van der Waals surface area (Å²) in [6.45, 7) is 0.476. The molecule has 0 fully saturated rings. The number of nitro groups is 1. The van der Waals surface area contributed by atoms with Crippen LogP contribution in [-0.2, 0) is 13.0 Å². The molecule has 1 aromatic heterocycles. The van der Waals surface area contributed by atoms with Gasteiger partial charge in [0.2, 0.25) is 0 Å². The smallest absolute Gasteiger partial charge is 0.272 e. The fourth-order valence-electron chi connectivity index (χ4n) is 2.65. The third-order valence-corrected chi connectivity index (χ3v) is 3.96. The van der Waals surface area contributed by atoms with Crippen LogP contribution in [0.2, 0.25) is 0 Å². The van der Waals surface area contributed by atoms with E-state index in [1.165, 1.54) is 12.1 Å². The summed E-state index contributed by atoms with van der Waals surface area (Å²) < 4.78 is 1.70. The van der Waals surface area contributed by atoms with Gasteiger partial charge in [-0.15, -0.1) is 11.6 Å². The van der Waals surface area contributed by atoms with Gasteiger partial charge in [0.05, 0.1) is 22.4 Å². The molecule has 1 heterocycles. The van der Waals surface area contributed by atoms with Crippen molar-refractivity contribution in [1.29, 1.82) is 0 Å². The van der Waals surface area contributed by atoms with Crippen molar-refractivity contribution in [2.24, 2.45) is 0 Å². The minimum atomic E-state index is -0.508. The maximum atomic E-state index is 12.1. The van der Waals surface area contributed by atoms with Crippen LogP contribution in [0.1, 0.15) is 11.1 Å². The predicted octanol–water partition coefficient (Wildman–Crippen LogP) is 3.07. The number of nitrogens with zero attached hydrogens (tertiary/aromatic N) is 2. The van der Waals surface area contributed by atoms with E-state index in [4.69, 9.17) is 11.6 Å². The molecular formula is C16H14ClN3O3. The van der Waals surface area contributed by atoms with Crippen molar-refractivity contribution in [2.45, 2.75) is 13.0 Å². The zero-order valence-corrected chi connectivity index (χ0v) is 12.9. The van der Waals surface area contributed by atoms with E-state index in [0.717, 1.165) is 17.5 Å². The van der Waals surface area contributed by atoms with E-state index in [1.54, 1.807) is 10.7 Å². The topological polar surface area (TPSA) is 80.9 Å². The van der Waals surface area contributed by atoms with Crippen LogP contribution in [0.25, 0.3) is 10.9 Å². The third kappa shape index (κ3) is 2.98. The highest BCUT2D eigenvalue weighted by atomic mass is 35.5. The van der Waals surface area contributed by atoms with Crippen molar-refractivity contribution in [3.63, 3.8) is 0 Å². The molecular weight excluding hydrogens is 318 g/mol. The van der Waals surface area contributed by atoms with Gasteiger partial charge in [-0.2, -0.15) is 0 Å². The van der Waals surface area contributed by atoms with Gasteiger partial charge in [0.1, 0.15) is 0 Å². The summed E-state index contributed by atoms with van der Waals surface area (Å²) in [5, 5.41) is 13.9. The molecule has 2 aromatic carbocycles. The number of hydrogen-bond donors (Lipinski definition) is 1. The molecule has 0 aliphatic rings. The molecule has 7 heteroatoms. The number of fused-ring (bicyclic) bond motifs is 1. The van der Waals surface area contributed by atoms with Crippen LogP contribution in [0.5, 0.6) is 0 Å². The molecule has 0 spiro atoms. The van der Waals surface area contributed by atoms with Gasteiger partial charge in [-0.3, -0.25) is 24.7 Å². The average Bonchev–Trinajstić information content (AvgIpc) is 2.85. The third-order valence-electron chi connectivity index (χ3n) is 3.77. The molecule has 3 aromatic rings. The largest absolute Gasteiger partial charge is 0.280 e. The van der Waals surface area contributed by atoms with Crippen molar-refractivity contribution in [2.75, 3.05) is 5.88 Å². The molecule has 0 aliphatic carbocycles. The number of halogens is 1. The van der Waals surface area contributed by atoms with Crippen LogP contribution < -0.4 is 5.56 Å². The first kappa shape index (κ1) is 15.3. The highest BCUT2D eigenvalue weighted by molar-refractivity contribution is 6.18. The molecule has 0 aliphatic heterocycles. The van der Waals surface area contributed by atoms with Crippen molar-refractivity contribution >= 4 is 28.2 Å². The van der Waals surface area contributed by atoms with E-state index in [-0.39, 0.29) is 11.2 Å². The lowest BCUT2D eigenvalue weighted by Gasteiger charge is -2.10. The first-order chi connectivity index (χ1) is 11.1. The number of nitrogens with one attached hydrogen (secondary N) is 1. The molecule has 0 saturated heterocycles. The van der Waals surface area contributed by atoms with Crippen molar-refractivity contribution in [3.05, 3.63) is 74.1 Å². The molecule has 6 nitrogen and oxygen atoms in total. The van der Waals surface area contributed by atoms with Crippen molar-refractivity contribution in [1.82, 2.24) is 9.78 Å². The van der Waals surface area contributed by atoms with E-state index in [1.807, 2.05) is 24.3 Å². The fraction of sp³-hybridized carbons (Fsp3) is 0.188. The lowest BCUT2D eigenvalue weighted by atomic mass is 10.1. The minimum Gasteiger partial charge on any atom is -0.280 e. The molecule has 118 valence electrons. The minimum absolute atomic E-state index is 0.0942. The second-order valence-corrected chi connectivity index (χ2v) is 5.57. The number of H-pyrrole nitrogens is 1. The molecule has 0 saturated carbocycles.